The van der Waals surface area contributed by atoms with Gasteiger partial charge in [0.2, 0.25) is 5.91 Å². The van der Waals surface area contributed by atoms with E-state index in [9.17, 15) is 4.79 Å². The number of pyridine rings is 1. The van der Waals surface area contributed by atoms with E-state index in [0.29, 0.717) is 6.54 Å². The fourth-order valence-electron chi connectivity index (χ4n) is 1.98. The molecule has 112 valence electrons. The number of aromatic nitrogens is 3. The fourth-order valence-corrected chi connectivity index (χ4v) is 1.98. The van der Waals surface area contributed by atoms with Gasteiger partial charge in [-0.1, -0.05) is 0 Å². The van der Waals surface area contributed by atoms with Gasteiger partial charge < -0.3 is 10.6 Å². The van der Waals surface area contributed by atoms with E-state index < -0.39 is 0 Å². The van der Waals surface area contributed by atoms with Crippen LogP contribution in [0.2, 0.25) is 0 Å². The van der Waals surface area contributed by atoms with Crippen LogP contribution in [-0.4, -0.2) is 33.2 Å². The van der Waals surface area contributed by atoms with Crippen LogP contribution in [0.1, 0.15) is 26.3 Å². The summed E-state index contributed by atoms with van der Waals surface area (Å²) in [6.45, 7) is 6.72. The molecule has 0 aliphatic carbocycles. The smallest absolute Gasteiger partial charge is 0.234 e. The topological polar surface area (TPSA) is 82.7 Å². The Hall–Kier alpha value is -2.21. The van der Waals surface area contributed by atoms with E-state index in [0.717, 1.165) is 16.8 Å². The van der Waals surface area contributed by atoms with Crippen molar-refractivity contribution < 1.29 is 4.79 Å². The zero-order chi connectivity index (χ0) is 15.3. The molecular weight excluding hydrogens is 266 g/mol. The first-order valence-electron chi connectivity index (χ1n) is 6.90. The minimum atomic E-state index is -0.213. The van der Waals surface area contributed by atoms with Gasteiger partial charge in [0.15, 0.2) is 0 Å². The molecule has 6 heteroatoms. The Balaban J connectivity index is 1.91. The van der Waals surface area contributed by atoms with Gasteiger partial charge in [-0.15, -0.1) is 0 Å². The van der Waals surface area contributed by atoms with Gasteiger partial charge in [0.05, 0.1) is 18.4 Å². The largest absolute Gasteiger partial charge is 0.350 e. The average Bonchev–Trinajstić information content (AvgIpc) is 2.86. The molecule has 0 radical (unpaired) electrons. The summed E-state index contributed by atoms with van der Waals surface area (Å²) in [6, 6.07) is 3.85. The van der Waals surface area contributed by atoms with Crippen molar-refractivity contribution in [3.63, 3.8) is 0 Å². The molecule has 0 saturated heterocycles. The molecule has 2 aromatic heterocycles. The average molecular weight is 287 g/mol. The molecule has 0 aliphatic rings. The quantitative estimate of drug-likeness (QED) is 0.778. The molecule has 0 atom stereocenters. The van der Waals surface area contributed by atoms with E-state index in [1.807, 2.05) is 32.9 Å². The molecule has 0 unspecified atom stereocenters. The van der Waals surface area contributed by atoms with Crippen molar-refractivity contribution in [3.05, 3.63) is 36.3 Å². The highest BCUT2D eigenvalue weighted by molar-refractivity contribution is 5.78. The summed E-state index contributed by atoms with van der Waals surface area (Å²) in [5.41, 5.74) is 2.69. The number of H-pyrrole nitrogens is 1. The summed E-state index contributed by atoms with van der Waals surface area (Å²) in [4.78, 5) is 15.8. The van der Waals surface area contributed by atoms with E-state index in [2.05, 4.69) is 25.8 Å². The molecule has 1 amide bonds. The van der Waals surface area contributed by atoms with Crippen LogP contribution in [0.3, 0.4) is 0 Å². The van der Waals surface area contributed by atoms with Crippen LogP contribution in [0.4, 0.5) is 0 Å². The molecule has 0 fully saturated rings. The predicted molar refractivity (Wildman–Crippen MR) is 81.4 cm³/mol. The monoisotopic (exact) mass is 287 g/mol. The normalized spacial score (nSPS) is 11.4. The Labute approximate surface area is 124 Å². The number of amides is 1. The van der Waals surface area contributed by atoms with E-state index in [-0.39, 0.29) is 18.0 Å². The van der Waals surface area contributed by atoms with Crippen molar-refractivity contribution in [2.45, 2.75) is 32.9 Å². The minimum absolute atomic E-state index is 0.0195. The van der Waals surface area contributed by atoms with Crippen LogP contribution in [0.15, 0.2) is 30.7 Å². The molecule has 0 aliphatic heterocycles. The standard InChI is InChI=1S/C15H21N5O/c1-15(2,3)19-13(21)10-17-8-12-9-18-20-14(12)11-5-4-6-16-7-11/h4-7,9,17H,8,10H2,1-3H3,(H,18,20)(H,19,21). The molecule has 0 aromatic carbocycles. The summed E-state index contributed by atoms with van der Waals surface area (Å²) < 4.78 is 0. The van der Waals surface area contributed by atoms with Crippen LogP contribution in [0.5, 0.6) is 0 Å². The highest BCUT2D eigenvalue weighted by Gasteiger charge is 2.13. The highest BCUT2D eigenvalue weighted by atomic mass is 16.2. The number of carbonyl (C=O) groups excluding carboxylic acids is 1. The number of hydrogen-bond acceptors (Lipinski definition) is 4. The Kier molecular flexibility index (Phi) is 4.70. The van der Waals surface area contributed by atoms with Crippen LogP contribution >= 0.6 is 0 Å². The first kappa shape index (κ1) is 15.2. The molecule has 21 heavy (non-hydrogen) atoms. The number of carbonyl (C=O) groups is 1. The zero-order valence-electron chi connectivity index (χ0n) is 12.6. The Morgan fingerprint density at radius 3 is 2.81 bits per heavy atom. The lowest BCUT2D eigenvalue weighted by Gasteiger charge is -2.20. The van der Waals surface area contributed by atoms with E-state index >= 15 is 0 Å². The first-order chi connectivity index (χ1) is 9.96. The van der Waals surface area contributed by atoms with Crippen LogP contribution < -0.4 is 10.6 Å². The predicted octanol–water partition coefficient (Wildman–Crippen LogP) is 1.48. The molecule has 3 N–H and O–H groups in total. The molecule has 0 bridgehead atoms. The number of aromatic amines is 1. The second kappa shape index (κ2) is 6.49. The maximum Gasteiger partial charge on any atom is 0.234 e. The molecule has 2 heterocycles. The van der Waals surface area contributed by atoms with Gasteiger partial charge in [-0.05, 0) is 32.9 Å². The maximum atomic E-state index is 11.7. The maximum absolute atomic E-state index is 11.7. The molecule has 0 spiro atoms. The molecular formula is C15H21N5O. The van der Waals surface area contributed by atoms with E-state index in [1.165, 1.54) is 0 Å². The number of nitrogens with one attached hydrogen (secondary N) is 3. The van der Waals surface area contributed by atoms with E-state index in [1.54, 1.807) is 18.6 Å². The Morgan fingerprint density at radius 1 is 1.33 bits per heavy atom. The van der Waals surface area contributed by atoms with Crippen molar-refractivity contribution in [1.29, 1.82) is 0 Å². The van der Waals surface area contributed by atoms with Crippen molar-refractivity contribution in [3.8, 4) is 11.3 Å². The fraction of sp³-hybridized carbons (Fsp3) is 0.400. The summed E-state index contributed by atoms with van der Waals surface area (Å²) in [6.07, 6.45) is 5.27. The Bertz CT molecular complexity index is 586. The van der Waals surface area contributed by atoms with Gasteiger partial charge in [-0.25, -0.2) is 0 Å². The first-order valence-corrected chi connectivity index (χ1v) is 6.90. The van der Waals surface area contributed by atoms with Crippen LogP contribution in [0, 0.1) is 0 Å². The summed E-state index contributed by atoms with van der Waals surface area (Å²) in [7, 11) is 0. The van der Waals surface area contributed by atoms with Gasteiger partial charge in [0, 0.05) is 35.6 Å². The van der Waals surface area contributed by atoms with Gasteiger partial charge >= 0.3 is 0 Å². The van der Waals surface area contributed by atoms with Crippen LogP contribution in [0.25, 0.3) is 11.3 Å². The van der Waals surface area contributed by atoms with Gasteiger partial charge in [-0.2, -0.15) is 5.10 Å². The van der Waals surface area contributed by atoms with Gasteiger partial charge in [0.1, 0.15) is 0 Å². The third-order valence-corrected chi connectivity index (χ3v) is 2.78. The molecule has 2 aromatic rings. The lowest BCUT2D eigenvalue weighted by molar-refractivity contribution is -0.121. The number of nitrogens with zero attached hydrogens (tertiary/aromatic N) is 2. The SMILES string of the molecule is CC(C)(C)NC(=O)CNCc1cn[nH]c1-c1cccnc1. The summed E-state index contributed by atoms with van der Waals surface area (Å²) in [5, 5.41) is 13.1. The highest BCUT2D eigenvalue weighted by Crippen LogP contribution is 2.19. The number of rotatable bonds is 5. The third kappa shape index (κ3) is 4.68. The van der Waals surface area contributed by atoms with Crippen molar-refractivity contribution in [2.24, 2.45) is 0 Å². The molecule has 6 nitrogen and oxygen atoms in total. The second-order valence-electron chi connectivity index (χ2n) is 5.91. The van der Waals surface area contributed by atoms with E-state index in [4.69, 9.17) is 0 Å². The van der Waals surface area contributed by atoms with Crippen molar-refractivity contribution in [2.75, 3.05) is 6.54 Å². The summed E-state index contributed by atoms with van der Waals surface area (Å²) in [5.74, 6) is -0.0195. The minimum Gasteiger partial charge on any atom is -0.350 e. The van der Waals surface area contributed by atoms with Crippen molar-refractivity contribution >= 4 is 5.91 Å². The van der Waals surface area contributed by atoms with Crippen LogP contribution in [-0.2, 0) is 11.3 Å². The second-order valence-corrected chi connectivity index (χ2v) is 5.91. The lowest BCUT2D eigenvalue weighted by Crippen LogP contribution is -2.44. The van der Waals surface area contributed by atoms with Gasteiger partial charge in [-0.3, -0.25) is 14.9 Å². The molecule has 2 rings (SSSR count). The van der Waals surface area contributed by atoms with Gasteiger partial charge in [0.25, 0.3) is 0 Å². The van der Waals surface area contributed by atoms with Crippen molar-refractivity contribution in [1.82, 2.24) is 25.8 Å². The lowest BCUT2D eigenvalue weighted by atomic mass is 10.1. The number of hydrogen-bond donors (Lipinski definition) is 3. The summed E-state index contributed by atoms with van der Waals surface area (Å²) >= 11 is 0. The zero-order valence-corrected chi connectivity index (χ0v) is 12.6. The Morgan fingerprint density at radius 2 is 2.14 bits per heavy atom. The molecule has 0 saturated carbocycles. The third-order valence-electron chi connectivity index (χ3n) is 2.78.